The van der Waals surface area contributed by atoms with Crippen molar-refractivity contribution in [3.63, 3.8) is 0 Å². The van der Waals surface area contributed by atoms with E-state index in [9.17, 15) is 8.78 Å². The van der Waals surface area contributed by atoms with Gasteiger partial charge in [0.15, 0.2) is 5.82 Å². The fraction of sp³-hybridized carbons (Fsp3) is 0.385. The van der Waals surface area contributed by atoms with Crippen LogP contribution in [0.3, 0.4) is 0 Å². The van der Waals surface area contributed by atoms with Crippen LogP contribution in [0.4, 0.5) is 14.7 Å². The Bertz CT molecular complexity index is 613. The number of aromatic amines is 1. The highest BCUT2D eigenvalue weighted by molar-refractivity contribution is 5.57. The fourth-order valence-electron chi connectivity index (χ4n) is 2.31. The Kier molecular flexibility index (Phi) is 3.35. The van der Waals surface area contributed by atoms with Crippen LogP contribution < -0.4 is 10.2 Å². The SMILES string of the molecule is C[C@H]1CN(c2n[nH]c(-c3cc(F)ccc3F)n2)CCN1. The van der Waals surface area contributed by atoms with Crippen LogP contribution in [-0.2, 0) is 0 Å². The third kappa shape index (κ3) is 2.49. The number of anilines is 1. The van der Waals surface area contributed by atoms with Crippen molar-refractivity contribution in [3.8, 4) is 11.4 Å². The van der Waals surface area contributed by atoms with Crippen LogP contribution in [0.25, 0.3) is 11.4 Å². The van der Waals surface area contributed by atoms with E-state index in [4.69, 9.17) is 0 Å². The lowest BCUT2D eigenvalue weighted by Crippen LogP contribution is -2.49. The maximum atomic E-state index is 13.7. The number of H-pyrrole nitrogens is 1. The van der Waals surface area contributed by atoms with E-state index in [0.29, 0.717) is 12.0 Å². The van der Waals surface area contributed by atoms with Crippen LogP contribution in [0.1, 0.15) is 6.92 Å². The van der Waals surface area contributed by atoms with Crippen molar-refractivity contribution >= 4 is 5.95 Å². The van der Waals surface area contributed by atoms with Crippen molar-refractivity contribution in [1.82, 2.24) is 20.5 Å². The normalized spacial score (nSPS) is 19.4. The number of hydrogen-bond acceptors (Lipinski definition) is 4. The molecule has 1 aromatic carbocycles. The number of benzene rings is 1. The second-order valence-corrected chi connectivity index (χ2v) is 4.91. The highest BCUT2D eigenvalue weighted by atomic mass is 19.1. The zero-order valence-electron chi connectivity index (χ0n) is 11.0. The van der Waals surface area contributed by atoms with Gasteiger partial charge in [-0.2, -0.15) is 4.98 Å². The van der Waals surface area contributed by atoms with Gasteiger partial charge in [-0.25, -0.2) is 8.78 Å². The van der Waals surface area contributed by atoms with Crippen molar-refractivity contribution in [2.75, 3.05) is 24.5 Å². The van der Waals surface area contributed by atoms with Gasteiger partial charge in [0.1, 0.15) is 11.6 Å². The van der Waals surface area contributed by atoms with E-state index in [1.54, 1.807) is 0 Å². The molecule has 20 heavy (non-hydrogen) atoms. The van der Waals surface area contributed by atoms with E-state index in [0.717, 1.165) is 37.8 Å². The molecule has 5 nitrogen and oxygen atoms in total. The molecule has 2 aromatic rings. The molecule has 1 aromatic heterocycles. The second kappa shape index (κ2) is 5.16. The largest absolute Gasteiger partial charge is 0.337 e. The van der Waals surface area contributed by atoms with Crippen LogP contribution >= 0.6 is 0 Å². The summed E-state index contributed by atoms with van der Waals surface area (Å²) in [5, 5.41) is 10.1. The third-order valence-corrected chi connectivity index (χ3v) is 3.31. The highest BCUT2D eigenvalue weighted by Crippen LogP contribution is 2.22. The average Bonchev–Trinajstić information content (AvgIpc) is 2.91. The molecular weight excluding hydrogens is 264 g/mol. The number of nitrogens with zero attached hydrogens (tertiary/aromatic N) is 3. The Morgan fingerprint density at radius 3 is 3.00 bits per heavy atom. The molecule has 0 aliphatic carbocycles. The first-order chi connectivity index (χ1) is 9.63. The molecule has 1 aliphatic heterocycles. The standard InChI is InChI=1S/C13H15F2N5/c1-8-7-20(5-4-16-8)13-17-12(18-19-13)10-6-9(14)2-3-11(10)15/h2-3,6,8,16H,4-5,7H2,1H3,(H,17,18,19)/t8-/m0/s1. The monoisotopic (exact) mass is 279 g/mol. The number of halogens is 2. The fourth-order valence-corrected chi connectivity index (χ4v) is 2.31. The summed E-state index contributed by atoms with van der Waals surface area (Å²) in [6, 6.07) is 3.62. The Morgan fingerprint density at radius 2 is 2.20 bits per heavy atom. The van der Waals surface area contributed by atoms with Crippen molar-refractivity contribution in [2.24, 2.45) is 0 Å². The zero-order valence-corrected chi connectivity index (χ0v) is 11.0. The average molecular weight is 279 g/mol. The summed E-state index contributed by atoms with van der Waals surface area (Å²) in [7, 11) is 0. The molecule has 1 saturated heterocycles. The van der Waals surface area contributed by atoms with E-state index < -0.39 is 11.6 Å². The lowest BCUT2D eigenvalue weighted by Gasteiger charge is -2.30. The van der Waals surface area contributed by atoms with Crippen molar-refractivity contribution in [2.45, 2.75) is 13.0 Å². The molecule has 2 N–H and O–H groups in total. The first-order valence-electron chi connectivity index (χ1n) is 6.49. The molecule has 0 radical (unpaired) electrons. The lowest BCUT2D eigenvalue weighted by atomic mass is 10.2. The Hall–Kier alpha value is -2.02. The zero-order chi connectivity index (χ0) is 14.1. The number of nitrogens with one attached hydrogen (secondary N) is 2. The summed E-state index contributed by atoms with van der Waals surface area (Å²) in [4.78, 5) is 6.28. The first-order valence-corrected chi connectivity index (χ1v) is 6.49. The molecule has 1 aliphatic rings. The second-order valence-electron chi connectivity index (χ2n) is 4.91. The van der Waals surface area contributed by atoms with Crippen LogP contribution in [0.2, 0.25) is 0 Å². The Balaban J connectivity index is 1.88. The smallest absolute Gasteiger partial charge is 0.245 e. The highest BCUT2D eigenvalue weighted by Gasteiger charge is 2.20. The molecule has 0 bridgehead atoms. The number of hydrogen-bond donors (Lipinski definition) is 2. The maximum absolute atomic E-state index is 13.7. The molecule has 0 saturated carbocycles. The number of rotatable bonds is 2. The predicted octanol–water partition coefficient (Wildman–Crippen LogP) is 1.55. The third-order valence-electron chi connectivity index (χ3n) is 3.31. The summed E-state index contributed by atoms with van der Waals surface area (Å²) in [6.07, 6.45) is 0. The van der Waals surface area contributed by atoms with Crippen molar-refractivity contribution in [3.05, 3.63) is 29.8 Å². The summed E-state index contributed by atoms with van der Waals surface area (Å²) < 4.78 is 26.9. The van der Waals surface area contributed by atoms with Crippen LogP contribution in [0.5, 0.6) is 0 Å². The van der Waals surface area contributed by atoms with Gasteiger partial charge in [0.25, 0.3) is 0 Å². The molecule has 3 rings (SSSR count). The summed E-state index contributed by atoms with van der Waals surface area (Å²) in [5.74, 6) is -0.280. The molecule has 0 spiro atoms. The van der Waals surface area contributed by atoms with Gasteiger partial charge < -0.3 is 10.2 Å². The molecule has 2 heterocycles. The predicted molar refractivity (Wildman–Crippen MR) is 71.4 cm³/mol. The minimum absolute atomic E-state index is 0.0898. The van der Waals surface area contributed by atoms with Gasteiger partial charge in [-0.05, 0) is 25.1 Å². The van der Waals surface area contributed by atoms with E-state index in [-0.39, 0.29) is 11.4 Å². The molecule has 7 heteroatoms. The van der Waals surface area contributed by atoms with Crippen molar-refractivity contribution < 1.29 is 8.78 Å². The molecular formula is C13H15F2N5. The summed E-state index contributed by atoms with van der Waals surface area (Å²) in [6.45, 7) is 4.49. The molecule has 0 unspecified atom stereocenters. The molecule has 1 atom stereocenters. The van der Waals surface area contributed by atoms with E-state index in [1.165, 1.54) is 0 Å². The van der Waals surface area contributed by atoms with E-state index in [2.05, 4.69) is 27.4 Å². The Labute approximate surface area is 115 Å². The molecule has 0 amide bonds. The van der Waals surface area contributed by atoms with Gasteiger partial charge >= 0.3 is 0 Å². The Morgan fingerprint density at radius 1 is 1.35 bits per heavy atom. The quantitative estimate of drug-likeness (QED) is 0.875. The molecule has 1 fully saturated rings. The van der Waals surface area contributed by atoms with Gasteiger partial charge in [-0.1, -0.05) is 0 Å². The summed E-state index contributed by atoms with van der Waals surface area (Å²) >= 11 is 0. The van der Waals surface area contributed by atoms with Crippen LogP contribution in [0.15, 0.2) is 18.2 Å². The topological polar surface area (TPSA) is 56.8 Å². The van der Waals surface area contributed by atoms with Crippen LogP contribution in [-0.4, -0.2) is 40.9 Å². The van der Waals surface area contributed by atoms with Crippen LogP contribution in [0, 0.1) is 11.6 Å². The van der Waals surface area contributed by atoms with E-state index in [1.807, 2.05) is 4.90 Å². The van der Waals surface area contributed by atoms with Gasteiger partial charge in [-0.3, -0.25) is 5.10 Å². The van der Waals surface area contributed by atoms with Gasteiger partial charge in [-0.15, -0.1) is 5.10 Å². The van der Waals surface area contributed by atoms with Gasteiger partial charge in [0.2, 0.25) is 5.95 Å². The van der Waals surface area contributed by atoms with Gasteiger partial charge in [0, 0.05) is 25.7 Å². The minimum atomic E-state index is -0.525. The van der Waals surface area contributed by atoms with Crippen molar-refractivity contribution in [1.29, 1.82) is 0 Å². The van der Waals surface area contributed by atoms with Gasteiger partial charge in [0.05, 0.1) is 5.56 Å². The lowest BCUT2D eigenvalue weighted by molar-refractivity contribution is 0.480. The molecule has 106 valence electrons. The maximum Gasteiger partial charge on any atom is 0.245 e. The minimum Gasteiger partial charge on any atom is -0.337 e. The number of aromatic nitrogens is 3. The first kappa shape index (κ1) is 13.0. The number of piperazine rings is 1. The van der Waals surface area contributed by atoms with E-state index >= 15 is 0 Å². The summed E-state index contributed by atoms with van der Waals surface area (Å²) in [5.41, 5.74) is 0.0898.